The first-order chi connectivity index (χ1) is 6.27. The summed E-state index contributed by atoms with van der Waals surface area (Å²) < 4.78 is 0. The summed E-state index contributed by atoms with van der Waals surface area (Å²) in [5.41, 5.74) is 2.36. The zero-order valence-electron chi connectivity index (χ0n) is 8.35. The van der Waals surface area contributed by atoms with Gasteiger partial charge < -0.3 is 10.3 Å². The van der Waals surface area contributed by atoms with Gasteiger partial charge in [0, 0.05) is 11.6 Å². The van der Waals surface area contributed by atoms with Crippen molar-refractivity contribution in [2.24, 2.45) is 0 Å². The molecule has 13 heavy (non-hydrogen) atoms. The lowest BCUT2D eigenvalue weighted by molar-refractivity contribution is 0.447. The highest BCUT2D eigenvalue weighted by atomic mass is 15.0. The largest absolute Gasteiger partial charge is 0.346 e. The molecule has 0 radical (unpaired) electrons. The number of aromatic nitrogens is 2. The highest BCUT2D eigenvalue weighted by Gasteiger charge is 2.18. The summed E-state index contributed by atoms with van der Waals surface area (Å²) in [5, 5.41) is 3.36. The van der Waals surface area contributed by atoms with Crippen LogP contribution < -0.4 is 5.32 Å². The van der Waals surface area contributed by atoms with Gasteiger partial charge in [0.2, 0.25) is 0 Å². The van der Waals surface area contributed by atoms with Crippen molar-refractivity contribution in [2.75, 3.05) is 13.1 Å². The van der Waals surface area contributed by atoms with Crippen LogP contribution in [0.2, 0.25) is 0 Å². The summed E-state index contributed by atoms with van der Waals surface area (Å²) in [5.74, 6) is 1.84. The Bertz CT molecular complexity index is 265. The Hall–Kier alpha value is -0.830. The number of aryl methyl sites for hydroxylation is 2. The first-order valence-electron chi connectivity index (χ1n) is 5.01. The van der Waals surface area contributed by atoms with Crippen molar-refractivity contribution in [2.45, 2.75) is 32.6 Å². The third-order valence-corrected chi connectivity index (χ3v) is 2.87. The molecule has 0 spiro atoms. The maximum Gasteiger partial charge on any atom is 0.109 e. The molecule has 1 aromatic rings. The summed E-state index contributed by atoms with van der Waals surface area (Å²) in [6.07, 6.45) is 2.43. The van der Waals surface area contributed by atoms with Crippen molar-refractivity contribution < 1.29 is 0 Å². The van der Waals surface area contributed by atoms with Gasteiger partial charge in [-0.15, -0.1) is 0 Å². The van der Waals surface area contributed by atoms with Crippen molar-refractivity contribution in [3.8, 4) is 0 Å². The molecule has 0 amide bonds. The van der Waals surface area contributed by atoms with Crippen LogP contribution in [0.15, 0.2) is 0 Å². The summed E-state index contributed by atoms with van der Waals surface area (Å²) >= 11 is 0. The van der Waals surface area contributed by atoms with Gasteiger partial charge in [-0.25, -0.2) is 4.98 Å². The molecule has 0 aromatic carbocycles. The van der Waals surface area contributed by atoms with E-state index in [-0.39, 0.29) is 0 Å². The van der Waals surface area contributed by atoms with Crippen LogP contribution in [0.4, 0.5) is 0 Å². The van der Waals surface area contributed by atoms with E-state index >= 15 is 0 Å². The second kappa shape index (κ2) is 3.50. The highest BCUT2D eigenvalue weighted by Crippen LogP contribution is 2.23. The van der Waals surface area contributed by atoms with E-state index in [4.69, 9.17) is 0 Å². The first kappa shape index (κ1) is 8.75. The number of H-pyrrole nitrogens is 1. The molecule has 2 N–H and O–H groups in total. The Balaban J connectivity index is 2.14. The Morgan fingerprint density at radius 2 is 1.92 bits per heavy atom. The molecule has 1 aliphatic rings. The van der Waals surface area contributed by atoms with Crippen LogP contribution >= 0.6 is 0 Å². The highest BCUT2D eigenvalue weighted by molar-refractivity contribution is 5.13. The molecule has 0 saturated carbocycles. The average molecular weight is 179 g/mol. The number of nitrogens with zero attached hydrogens (tertiary/aromatic N) is 1. The number of rotatable bonds is 1. The van der Waals surface area contributed by atoms with Gasteiger partial charge in [0.25, 0.3) is 0 Å². The summed E-state index contributed by atoms with van der Waals surface area (Å²) in [4.78, 5) is 7.93. The van der Waals surface area contributed by atoms with Gasteiger partial charge >= 0.3 is 0 Å². The Kier molecular flexibility index (Phi) is 2.36. The topological polar surface area (TPSA) is 40.7 Å². The lowest BCUT2D eigenvalue weighted by Crippen LogP contribution is -2.27. The number of imidazole rings is 1. The first-order valence-corrected chi connectivity index (χ1v) is 5.01. The minimum Gasteiger partial charge on any atom is -0.346 e. The van der Waals surface area contributed by atoms with Gasteiger partial charge in [-0.05, 0) is 39.8 Å². The van der Waals surface area contributed by atoms with E-state index < -0.39 is 0 Å². The Labute approximate surface area is 79.0 Å². The van der Waals surface area contributed by atoms with Crippen LogP contribution in [0, 0.1) is 13.8 Å². The molecular weight excluding hydrogens is 162 g/mol. The molecule has 1 aromatic heterocycles. The van der Waals surface area contributed by atoms with Crippen LogP contribution in [0.3, 0.4) is 0 Å². The van der Waals surface area contributed by atoms with E-state index in [9.17, 15) is 0 Å². The Morgan fingerprint density at radius 1 is 1.23 bits per heavy atom. The molecule has 1 saturated heterocycles. The van der Waals surface area contributed by atoms with Crippen LogP contribution in [0.5, 0.6) is 0 Å². The Morgan fingerprint density at radius 3 is 2.46 bits per heavy atom. The summed E-state index contributed by atoms with van der Waals surface area (Å²) in [7, 11) is 0. The maximum absolute atomic E-state index is 4.55. The molecule has 3 nitrogen and oxygen atoms in total. The van der Waals surface area contributed by atoms with Crippen molar-refractivity contribution in [1.82, 2.24) is 15.3 Å². The third-order valence-electron chi connectivity index (χ3n) is 2.87. The summed E-state index contributed by atoms with van der Waals surface area (Å²) in [6, 6.07) is 0. The van der Waals surface area contributed by atoms with Gasteiger partial charge in [-0.1, -0.05) is 0 Å². The second-order valence-corrected chi connectivity index (χ2v) is 3.86. The van der Waals surface area contributed by atoms with Gasteiger partial charge in [0.15, 0.2) is 0 Å². The standard InChI is InChI=1S/C10H17N3/c1-7-8(2)13-10(12-7)9-3-5-11-6-4-9/h9,11H,3-6H2,1-2H3,(H,12,13). The van der Waals surface area contributed by atoms with E-state index in [0.717, 1.165) is 18.8 Å². The maximum atomic E-state index is 4.55. The van der Waals surface area contributed by atoms with Crippen molar-refractivity contribution in [1.29, 1.82) is 0 Å². The van der Waals surface area contributed by atoms with Crippen LogP contribution in [0.25, 0.3) is 0 Å². The fourth-order valence-electron chi connectivity index (χ4n) is 1.86. The smallest absolute Gasteiger partial charge is 0.109 e. The number of nitrogens with one attached hydrogen (secondary N) is 2. The molecule has 0 aliphatic carbocycles. The molecule has 0 bridgehead atoms. The number of hydrogen-bond donors (Lipinski definition) is 2. The fraction of sp³-hybridized carbons (Fsp3) is 0.700. The predicted molar refractivity (Wildman–Crippen MR) is 52.9 cm³/mol. The number of piperidine rings is 1. The van der Waals surface area contributed by atoms with Crippen LogP contribution in [0.1, 0.15) is 36.0 Å². The van der Waals surface area contributed by atoms with E-state index in [1.165, 1.54) is 24.4 Å². The molecule has 2 heterocycles. The minimum atomic E-state index is 0.647. The molecule has 1 fully saturated rings. The van der Waals surface area contributed by atoms with E-state index in [0.29, 0.717) is 5.92 Å². The SMILES string of the molecule is Cc1nc(C2CCNCC2)[nH]c1C. The van der Waals surface area contributed by atoms with Crippen molar-refractivity contribution in [3.63, 3.8) is 0 Å². The monoisotopic (exact) mass is 179 g/mol. The second-order valence-electron chi connectivity index (χ2n) is 3.86. The molecule has 72 valence electrons. The lowest BCUT2D eigenvalue weighted by atomic mass is 9.98. The molecular formula is C10H17N3. The number of aromatic amines is 1. The van der Waals surface area contributed by atoms with Gasteiger partial charge in [-0.3, -0.25) is 0 Å². The van der Waals surface area contributed by atoms with Gasteiger partial charge in [0.05, 0.1) is 5.69 Å². The van der Waals surface area contributed by atoms with Crippen molar-refractivity contribution >= 4 is 0 Å². The molecule has 3 heteroatoms. The van der Waals surface area contributed by atoms with Gasteiger partial charge in [-0.2, -0.15) is 0 Å². The van der Waals surface area contributed by atoms with E-state index in [2.05, 4.69) is 29.1 Å². The van der Waals surface area contributed by atoms with E-state index in [1.807, 2.05) is 0 Å². The zero-order chi connectivity index (χ0) is 9.26. The minimum absolute atomic E-state index is 0.647. The predicted octanol–water partition coefficient (Wildman–Crippen LogP) is 1.49. The van der Waals surface area contributed by atoms with E-state index in [1.54, 1.807) is 0 Å². The molecule has 1 aliphatic heterocycles. The van der Waals surface area contributed by atoms with Crippen LogP contribution in [-0.2, 0) is 0 Å². The van der Waals surface area contributed by atoms with Crippen LogP contribution in [-0.4, -0.2) is 23.1 Å². The lowest BCUT2D eigenvalue weighted by Gasteiger charge is -2.20. The molecule has 2 rings (SSSR count). The molecule has 0 atom stereocenters. The van der Waals surface area contributed by atoms with Gasteiger partial charge in [0.1, 0.15) is 5.82 Å². The fourth-order valence-corrected chi connectivity index (χ4v) is 1.86. The average Bonchev–Trinajstić information content (AvgIpc) is 2.49. The number of hydrogen-bond acceptors (Lipinski definition) is 2. The normalized spacial score (nSPS) is 19.2. The summed E-state index contributed by atoms with van der Waals surface area (Å²) in [6.45, 7) is 6.41. The third kappa shape index (κ3) is 1.75. The molecule has 0 unspecified atom stereocenters. The van der Waals surface area contributed by atoms with Crippen molar-refractivity contribution in [3.05, 3.63) is 17.2 Å². The quantitative estimate of drug-likeness (QED) is 0.685. The zero-order valence-corrected chi connectivity index (χ0v) is 8.35.